The van der Waals surface area contributed by atoms with Crippen molar-refractivity contribution < 1.29 is 14.3 Å². The molecule has 26 heavy (non-hydrogen) atoms. The Morgan fingerprint density at radius 2 is 1.69 bits per heavy atom. The molecule has 2 amide bonds. The van der Waals surface area contributed by atoms with Gasteiger partial charge >= 0.3 is 0 Å². The number of hydrogen-bond donors (Lipinski definition) is 0. The van der Waals surface area contributed by atoms with Gasteiger partial charge in [-0.25, -0.2) is 0 Å². The van der Waals surface area contributed by atoms with E-state index >= 15 is 0 Å². The van der Waals surface area contributed by atoms with E-state index in [9.17, 15) is 9.59 Å². The van der Waals surface area contributed by atoms with Crippen molar-refractivity contribution in [2.24, 2.45) is 0 Å². The number of amides is 2. The summed E-state index contributed by atoms with van der Waals surface area (Å²) in [5.74, 6) is 0.918. The predicted molar refractivity (Wildman–Crippen MR) is 102 cm³/mol. The molecule has 0 radical (unpaired) electrons. The molecule has 142 valence electrons. The lowest BCUT2D eigenvalue weighted by Crippen LogP contribution is -2.47. The lowest BCUT2D eigenvalue weighted by Gasteiger charge is -2.37. The topological polar surface area (TPSA) is 53.1 Å². The zero-order chi connectivity index (χ0) is 18.5. The number of ether oxygens (including phenoxy) is 1. The van der Waals surface area contributed by atoms with Crippen LogP contribution in [0.1, 0.15) is 31.2 Å². The highest BCUT2D eigenvalue weighted by Gasteiger charge is 2.26. The molecule has 0 N–H and O–H groups in total. The first-order valence-electron chi connectivity index (χ1n) is 9.53. The number of benzene rings is 1. The number of carbonyl (C=O) groups is 2. The summed E-state index contributed by atoms with van der Waals surface area (Å²) in [6.07, 6.45) is 2.59. The first-order valence-corrected chi connectivity index (χ1v) is 9.53. The van der Waals surface area contributed by atoms with Crippen molar-refractivity contribution in [2.45, 2.75) is 32.6 Å². The molecule has 0 aromatic heterocycles. The molecule has 1 aromatic rings. The number of imide groups is 1. The van der Waals surface area contributed by atoms with Crippen molar-refractivity contribution in [2.75, 3.05) is 51.3 Å². The van der Waals surface area contributed by atoms with Gasteiger partial charge in [0.15, 0.2) is 0 Å². The van der Waals surface area contributed by atoms with Crippen LogP contribution in [0.5, 0.6) is 5.75 Å². The van der Waals surface area contributed by atoms with Gasteiger partial charge in [0.25, 0.3) is 0 Å². The highest BCUT2D eigenvalue weighted by atomic mass is 16.5. The van der Waals surface area contributed by atoms with Crippen LogP contribution in [0.4, 0.5) is 5.69 Å². The molecular formula is C20H29N3O3. The van der Waals surface area contributed by atoms with Gasteiger partial charge in [-0.05, 0) is 44.0 Å². The second kappa shape index (κ2) is 8.54. The van der Waals surface area contributed by atoms with E-state index in [0.717, 1.165) is 50.6 Å². The van der Waals surface area contributed by atoms with Crippen LogP contribution < -0.4 is 9.64 Å². The lowest BCUT2D eigenvalue weighted by molar-refractivity contribution is -0.148. The fraction of sp³-hybridized carbons (Fsp3) is 0.600. The van der Waals surface area contributed by atoms with Gasteiger partial charge in [-0.1, -0.05) is 6.07 Å². The molecule has 2 heterocycles. The van der Waals surface area contributed by atoms with Crippen molar-refractivity contribution >= 4 is 17.5 Å². The summed E-state index contributed by atoms with van der Waals surface area (Å²) in [7, 11) is 1.72. The summed E-state index contributed by atoms with van der Waals surface area (Å²) in [6, 6.07) is 6.29. The molecule has 0 bridgehead atoms. The Labute approximate surface area is 155 Å². The maximum Gasteiger partial charge on any atom is 0.229 e. The third-order valence-corrected chi connectivity index (χ3v) is 5.29. The van der Waals surface area contributed by atoms with E-state index < -0.39 is 0 Å². The minimum atomic E-state index is -0.00221. The number of likely N-dealkylation sites (tertiary alicyclic amines) is 1. The zero-order valence-electron chi connectivity index (χ0n) is 15.9. The Hall–Kier alpha value is -2.08. The minimum Gasteiger partial charge on any atom is -0.495 e. The van der Waals surface area contributed by atoms with Gasteiger partial charge in [-0.2, -0.15) is 0 Å². The van der Waals surface area contributed by atoms with Crippen LogP contribution in [0.25, 0.3) is 0 Å². The molecular weight excluding hydrogens is 330 g/mol. The van der Waals surface area contributed by atoms with Crippen molar-refractivity contribution in [3.05, 3.63) is 23.8 Å². The molecule has 0 saturated carbocycles. The van der Waals surface area contributed by atoms with Gasteiger partial charge < -0.3 is 9.64 Å². The molecule has 2 aliphatic heterocycles. The number of rotatable bonds is 6. The molecule has 2 aliphatic rings. The molecule has 0 spiro atoms. The molecule has 1 aromatic carbocycles. The summed E-state index contributed by atoms with van der Waals surface area (Å²) < 4.78 is 5.51. The third kappa shape index (κ3) is 4.36. The number of hydrogen-bond acceptors (Lipinski definition) is 5. The van der Waals surface area contributed by atoms with Crippen molar-refractivity contribution in [3.8, 4) is 5.75 Å². The van der Waals surface area contributed by atoms with Gasteiger partial charge in [-0.3, -0.25) is 19.4 Å². The van der Waals surface area contributed by atoms with Gasteiger partial charge in [0.05, 0.1) is 12.8 Å². The SMILES string of the molecule is COc1ccc(C)cc1N1CCN(CCCN2C(=O)CCCC2=O)CC1. The van der Waals surface area contributed by atoms with Crippen molar-refractivity contribution in [1.29, 1.82) is 0 Å². The van der Waals surface area contributed by atoms with Crippen LogP contribution >= 0.6 is 0 Å². The highest BCUT2D eigenvalue weighted by Crippen LogP contribution is 2.30. The monoisotopic (exact) mass is 359 g/mol. The zero-order valence-corrected chi connectivity index (χ0v) is 15.9. The molecule has 0 atom stereocenters. The average Bonchev–Trinajstić information content (AvgIpc) is 2.64. The normalized spacial score (nSPS) is 19.2. The standard InChI is InChI=1S/C20H29N3O3/c1-16-7-8-18(26-2)17(15-16)22-13-11-21(12-14-22)9-4-10-23-19(24)5-3-6-20(23)25/h7-8,15H,3-6,9-14H2,1-2H3. The molecule has 2 fully saturated rings. The first kappa shape index (κ1) is 18.7. The van der Waals surface area contributed by atoms with Crippen LogP contribution in [0, 0.1) is 6.92 Å². The van der Waals surface area contributed by atoms with E-state index in [1.807, 2.05) is 6.07 Å². The smallest absolute Gasteiger partial charge is 0.229 e. The van der Waals surface area contributed by atoms with Gasteiger partial charge in [0, 0.05) is 45.6 Å². The van der Waals surface area contributed by atoms with E-state index in [1.165, 1.54) is 10.5 Å². The summed E-state index contributed by atoms with van der Waals surface area (Å²) >= 11 is 0. The second-order valence-corrected chi connectivity index (χ2v) is 7.15. The van der Waals surface area contributed by atoms with E-state index in [4.69, 9.17) is 4.74 Å². The fourth-order valence-electron chi connectivity index (χ4n) is 3.76. The number of piperidine rings is 1. The van der Waals surface area contributed by atoms with Crippen LogP contribution in [0.2, 0.25) is 0 Å². The van der Waals surface area contributed by atoms with E-state index in [-0.39, 0.29) is 11.8 Å². The van der Waals surface area contributed by atoms with Gasteiger partial charge in [0.1, 0.15) is 5.75 Å². The van der Waals surface area contributed by atoms with Crippen LogP contribution in [-0.4, -0.2) is 68.0 Å². The third-order valence-electron chi connectivity index (χ3n) is 5.29. The van der Waals surface area contributed by atoms with Crippen molar-refractivity contribution in [3.63, 3.8) is 0 Å². The number of piperazine rings is 1. The summed E-state index contributed by atoms with van der Waals surface area (Å²) in [4.78, 5) is 29.9. The summed E-state index contributed by atoms with van der Waals surface area (Å²) in [5, 5.41) is 0. The van der Waals surface area contributed by atoms with Crippen LogP contribution in [0.3, 0.4) is 0 Å². The van der Waals surface area contributed by atoms with Crippen molar-refractivity contribution in [1.82, 2.24) is 9.80 Å². The van der Waals surface area contributed by atoms with Gasteiger partial charge in [0.2, 0.25) is 11.8 Å². The number of aryl methyl sites for hydroxylation is 1. The van der Waals surface area contributed by atoms with E-state index in [2.05, 4.69) is 28.9 Å². The largest absolute Gasteiger partial charge is 0.495 e. The Balaban J connectivity index is 1.46. The summed E-state index contributed by atoms with van der Waals surface area (Å²) in [6.45, 7) is 7.47. The molecule has 6 nitrogen and oxygen atoms in total. The maximum atomic E-state index is 11.8. The maximum absolute atomic E-state index is 11.8. The first-order chi connectivity index (χ1) is 12.6. The van der Waals surface area contributed by atoms with E-state index in [1.54, 1.807) is 7.11 Å². The number of methoxy groups -OCH3 is 1. The Kier molecular flexibility index (Phi) is 6.14. The number of carbonyl (C=O) groups excluding carboxylic acids is 2. The van der Waals surface area contributed by atoms with Gasteiger partial charge in [-0.15, -0.1) is 0 Å². The average molecular weight is 359 g/mol. The molecule has 3 rings (SSSR count). The highest BCUT2D eigenvalue weighted by molar-refractivity contribution is 5.97. The quantitative estimate of drug-likeness (QED) is 0.728. The molecule has 2 saturated heterocycles. The van der Waals surface area contributed by atoms with Crippen LogP contribution in [-0.2, 0) is 9.59 Å². The lowest BCUT2D eigenvalue weighted by atomic mass is 10.1. The molecule has 0 aliphatic carbocycles. The van der Waals surface area contributed by atoms with E-state index in [0.29, 0.717) is 25.8 Å². The predicted octanol–water partition coefficient (Wildman–Crippen LogP) is 2.05. The Bertz CT molecular complexity index is 638. The number of nitrogens with zero attached hydrogens (tertiary/aromatic N) is 3. The number of anilines is 1. The Morgan fingerprint density at radius 1 is 1.00 bits per heavy atom. The molecule has 6 heteroatoms. The Morgan fingerprint density at radius 3 is 2.35 bits per heavy atom. The van der Waals surface area contributed by atoms with Crippen LogP contribution in [0.15, 0.2) is 18.2 Å². The minimum absolute atomic E-state index is 0.00221. The molecule has 0 unspecified atom stereocenters. The summed E-state index contributed by atoms with van der Waals surface area (Å²) in [5.41, 5.74) is 2.40. The fourth-order valence-corrected chi connectivity index (χ4v) is 3.76. The second-order valence-electron chi connectivity index (χ2n) is 7.15.